The average molecular weight is 303 g/mol. The van der Waals surface area contributed by atoms with Crippen molar-refractivity contribution < 1.29 is 14.8 Å². The molecule has 0 heterocycles. The molecule has 1 aliphatic carbocycles. The molecule has 1 aromatic rings. The number of hydrogen-bond donors (Lipinski definition) is 2. The summed E-state index contributed by atoms with van der Waals surface area (Å²) in [7, 11) is 0. The minimum atomic E-state index is -0.552. The molecule has 7 heteroatoms. The summed E-state index contributed by atoms with van der Waals surface area (Å²) in [5, 5.41) is 20.7. The van der Waals surface area contributed by atoms with E-state index in [-0.39, 0.29) is 39.6 Å². The zero-order chi connectivity index (χ0) is 16.5. The molecule has 1 aromatic carbocycles. The fourth-order valence-electron chi connectivity index (χ4n) is 2.34. The number of rotatable bonds is 3. The Bertz CT molecular complexity index is 705. The maximum Gasteiger partial charge on any atom is 0.271 e. The Morgan fingerprint density at radius 3 is 2.68 bits per heavy atom. The third-order valence-corrected chi connectivity index (χ3v) is 3.45. The van der Waals surface area contributed by atoms with Crippen LogP contribution in [-0.4, -0.2) is 22.0 Å². The maximum atomic E-state index is 12.1. The molecule has 0 radical (unpaired) electrons. The van der Waals surface area contributed by atoms with Gasteiger partial charge in [-0.25, -0.2) is 0 Å². The first-order valence-corrected chi connectivity index (χ1v) is 6.73. The SMILES string of the molecule is CC1(C)CC(=O)C(C=Nc2cc([N+](=O)[O-])ccc2N)=C(O)C1. The van der Waals surface area contributed by atoms with Crippen LogP contribution >= 0.6 is 0 Å². The molecule has 0 bridgehead atoms. The number of aliphatic hydroxyl groups excluding tert-OH is 1. The quantitative estimate of drug-likeness (QED) is 0.385. The van der Waals surface area contributed by atoms with Crippen molar-refractivity contribution in [1.82, 2.24) is 0 Å². The highest BCUT2D eigenvalue weighted by molar-refractivity contribution is 6.15. The van der Waals surface area contributed by atoms with Crippen LogP contribution < -0.4 is 5.73 Å². The molecule has 0 aromatic heterocycles. The summed E-state index contributed by atoms with van der Waals surface area (Å²) in [6.45, 7) is 3.79. The smallest absolute Gasteiger partial charge is 0.271 e. The van der Waals surface area contributed by atoms with Crippen LogP contribution in [0, 0.1) is 15.5 Å². The van der Waals surface area contributed by atoms with Crippen molar-refractivity contribution in [2.45, 2.75) is 26.7 Å². The van der Waals surface area contributed by atoms with Crippen LogP contribution in [0.5, 0.6) is 0 Å². The third-order valence-electron chi connectivity index (χ3n) is 3.45. The third kappa shape index (κ3) is 3.30. The predicted octanol–water partition coefficient (Wildman–Crippen LogP) is 3.08. The number of anilines is 1. The molecule has 0 unspecified atom stereocenters. The van der Waals surface area contributed by atoms with E-state index in [0.29, 0.717) is 12.8 Å². The van der Waals surface area contributed by atoms with Crippen LogP contribution in [0.2, 0.25) is 0 Å². The van der Waals surface area contributed by atoms with E-state index in [2.05, 4.69) is 4.99 Å². The minimum Gasteiger partial charge on any atom is -0.511 e. The summed E-state index contributed by atoms with van der Waals surface area (Å²) < 4.78 is 0. The number of Topliss-reactive ketones (excluding diaryl/α,β-unsaturated/α-hetero) is 1. The fraction of sp³-hybridized carbons (Fsp3) is 0.333. The van der Waals surface area contributed by atoms with Crippen molar-refractivity contribution in [2.75, 3.05) is 5.73 Å². The highest BCUT2D eigenvalue weighted by atomic mass is 16.6. The number of carbonyl (C=O) groups excluding carboxylic acids is 1. The first-order valence-electron chi connectivity index (χ1n) is 6.73. The topological polar surface area (TPSA) is 119 Å². The molecule has 1 aliphatic rings. The molecule has 116 valence electrons. The van der Waals surface area contributed by atoms with Crippen molar-refractivity contribution in [1.29, 1.82) is 0 Å². The number of aliphatic hydroxyl groups is 1. The Hall–Kier alpha value is -2.70. The van der Waals surface area contributed by atoms with Crippen LogP contribution in [0.4, 0.5) is 17.1 Å². The lowest BCUT2D eigenvalue weighted by Gasteiger charge is -2.28. The van der Waals surface area contributed by atoms with Crippen LogP contribution in [0.3, 0.4) is 0 Å². The van der Waals surface area contributed by atoms with Gasteiger partial charge in [0.05, 0.1) is 21.9 Å². The van der Waals surface area contributed by atoms with Gasteiger partial charge in [0.25, 0.3) is 5.69 Å². The lowest BCUT2D eigenvalue weighted by atomic mass is 9.77. The number of allylic oxidation sites excluding steroid dienone is 2. The average Bonchev–Trinajstić information content (AvgIpc) is 2.38. The van der Waals surface area contributed by atoms with Gasteiger partial charge in [0, 0.05) is 31.2 Å². The summed E-state index contributed by atoms with van der Waals surface area (Å²) in [6, 6.07) is 3.88. The van der Waals surface area contributed by atoms with E-state index in [1.807, 2.05) is 13.8 Å². The number of aliphatic imine (C=N–C) groups is 1. The summed E-state index contributed by atoms with van der Waals surface area (Å²) in [4.78, 5) is 26.3. The number of carbonyl (C=O) groups is 1. The lowest BCUT2D eigenvalue weighted by Crippen LogP contribution is -2.26. The molecule has 0 aliphatic heterocycles. The molecular formula is C15H17N3O4. The number of nitro benzene ring substituents is 1. The number of benzene rings is 1. The van der Waals surface area contributed by atoms with E-state index in [1.165, 1.54) is 24.4 Å². The molecule has 0 atom stereocenters. The molecule has 0 spiro atoms. The Kier molecular flexibility index (Phi) is 3.99. The fourth-order valence-corrected chi connectivity index (χ4v) is 2.34. The Labute approximate surface area is 127 Å². The molecule has 2 rings (SSSR count). The van der Waals surface area contributed by atoms with Gasteiger partial charge in [-0.05, 0) is 11.5 Å². The zero-order valence-corrected chi connectivity index (χ0v) is 12.4. The van der Waals surface area contributed by atoms with Gasteiger partial charge < -0.3 is 10.8 Å². The standard InChI is InChI=1S/C15H17N3O4/c1-15(2)6-13(19)10(14(20)7-15)8-17-12-5-9(18(21)22)3-4-11(12)16/h3-5,8,19H,6-7,16H2,1-2H3. The largest absolute Gasteiger partial charge is 0.511 e. The normalized spacial score (nSPS) is 18.0. The number of non-ortho nitro benzene ring substituents is 1. The highest BCUT2D eigenvalue weighted by Gasteiger charge is 2.32. The first kappa shape index (κ1) is 15.7. The summed E-state index contributed by atoms with van der Waals surface area (Å²) in [5.74, 6) is -0.226. The molecule has 0 saturated heterocycles. The summed E-state index contributed by atoms with van der Waals surface area (Å²) >= 11 is 0. The van der Waals surface area contributed by atoms with Crippen molar-refractivity contribution >= 4 is 29.1 Å². The maximum absolute atomic E-state index is 12.1. The minimum absolute atomic E-state index is 0.0194. The molecular weight excluding hydrogens is 286 g/mol. The van der Waals surface area contributed by atoms with E-state index >= 15 is 0 Å². The van der Waals surface area contributed by atoms with Gasteiger partial charge in [-0.3, -0.25) is 19.9 Å². The highest BCUT2D eigenvalue weighted by Crippen LogP contribution is 2.35. The number of nitro groups is 1. The van der Waals surface area contributed by atoms with Gasteiger partial charge >= 0.3 is 0 Å². The van der Waals surface area contributed by atoms with E-state index < -0.39 is 4.92 Å². The van der Waals surface area contributed by atoms with Crippen molar-refractivity contribution in [3.05, 3.63) is 39.6 Å². The van der Waals surface area contributed by atoms with Crippen molar-refractivity contribution in [2.24, 2.45) is 10.4 Å². The molecule has 22 heavy (non-hydrogen) atoms. The molecule has 3 N–H and O–H groups in total. The summed E-state index contributed by atoms with van der Waals surface area (Å²) in [5.41, 5.74) is 5.86. The molecule has 0 saturated carbocycles. The monoisotopic (exact) mass is 303 g/mol. The van der Waals surface area contributed by atoms with Crippen LogP contribution in [0.25, 0.3) is 0 Å². The Balaban J connectivity index is 2.34. The van der Waals surface area contributed by atoms with E-state index in [4.69, 9.17) is 5.73 Å². The first-order chi connectivity index (χ1) is 10.2. The van der Waals surface area contributed by atoms with Crippen LogP contribution in [0.1, 0.15) is 26.7 Å². The molecule has 0 amide bonds. The Morgan fingerprint density at radius 2 is 2.09 bits per heavy atom. The van der Waals surface area contributed by atoms with E-state index in [9.17, 15) is 20.0 Å². The molecule has 0 fully saturated rings. The van der Waals surface area contributed by atoms with Crippen LogP contribution in [0.15, 0.2) is 34.5 Å². The Morgan fingerprint density at radius 1 is 1.41 bits per heavy atom. The second-order valence-corrected chi connectivity index (χ2v) is 6.06. The van der Waals surface area contributed by atoms with Crippen molar-refractivity contribution in [3.63, 3.8) is 0 Å². The zero-order valence-electron chi connectivity index (χ0n) is 12.4. The second kappa shape index (κ2) is 5.59. The van der Waals surface area contributed by atoms with Crippen molar-refractivity contribution in [3.8, 4) is 0 Å². The van der Waals surface area contributed by atoms with Gasteiger partial charge in [0.15, 0.2) is 5.78 Å². The van der Waals surface area contributed by atoms with Gasteiger partial charge in [-0.1, -0.05) is 13.8 Å². The van der Waals surface area contributed by atoms with Gasteiger partial charge in [0.2, 0.25) is 0 Å². The number of nitrogens with two attached hydrogens (primary N) is 1. The van der Waals surface area contributed by atoms with E-state index in [0.717, 1.165) is 0 Å². The number of hydrogen-bond acceptors (Lipinski definition) is 6. The van der Waals surface area contributed by atoms with Crippen LogP contribution in [-0.2, 0) is 4.79 Å². The number of nitrogens with zero attached hydrogens (tertiary/aromatic N) is 2. The van der Waals surface area contributed by atoms with Gasteiger partial charge in [0.1, 0.15) is 5.76 Å². The predicted molar refractivity (Wildman–Crippen MR) is 83.3 cm³/mol. The number of ketones is 1. The van der Waals surface area contributed by atoms with E-state index in [1.54, 1.807) is 0 Å². The second-order valence-electron chi connectivity index (χ2n) is 6.06. The number of nitrogen functional groups attached to an aromatic ring is 1. The summed E-state index contributed by atoms with van der Waals surface area (Å²) in [6.07, 6.45) is 1.91. The van der Waals surface area contributed by atoms with Gasteiger partial charge in [-0.2, -0.15) is 0 Å². The molecule has 7 nitrogen and oxygen atoms in total. The lowest BCUT2D eigenvalue weighted by molar-refractivity contribution is -0.384. The van der Waals surface area contributed by atoms with Gasteiger partial charge in [-0.15, -0.1) is 0 Å².